The van der Waals surface area contributed by atoms with Crippen LogP contribution in [0, 0.1) is 0 Å². The highest BCUT2D eigenvalue weighted by Crippen LogP contribution is 2.29. The topological polar surface area (TPSA) is 36.5 Å². The van der Waals surface area contributed by atoms with Crippen molar-refractivity contribution in [3.8, 4) is 0 Å². The molecule has 1 aliphatic heterocycles. The number of morpholine rings is 1. The molecular weight excluding hydrogens is 375 g/mol. The predicted molar refractivity (Wildman–Crippen MR) is 104 cm³/mol. The van der Waals surface area contributed by atoms with Gasteiger partial charge in [-0.2, -0.15) is 13.2 Å². The number of anilines is 2. The third-order valence-electron chi connectivity index (χ3n) is 4.24. The zero-order valence-electron chi connectivity index (χ0n) is 14.6. The first-order valence-electron chi connectivity index (χ1n) is 8.55. The van der Waals surface area contributed by atoms with E-state index < -0.39 is 11.7 Å². The third kappa shape index (κ3) is 5.58. The molecule has 0 unspecified atom stereocenters. The molecule has 0 atom stereocenters. The Hall–Kier alpha value is -2.32. The van der Waals surface area contributed by atoms with Gasteiger partial charge < -0.3 is 20.3 Å². The molecule has 2 aromatic rings. The maximum atomic E-state index is 12.6. The summed E-state index contributed by atoms with van der Waals surface area (Å²) in [4.78, 5) is 2.28. The minimum absolute atomic E-state index is 0.354. The molecule has 1 heterocycles. The van der Waals surface area contributed by atoms with E-state index in [1.807, 2.05) is 12.1 Å². The van der Waals surface area contributed by atoms with Crippen molar-refractivity contribution in [3.05, 3.63) is 59.7 Å². The van der Waals surface area contributed by atoms with Crippen LogP contribution in [0.1, 0.15) is 11.1 Å². The second kappa shape index (κ2) is 8.58. The van der Waals surface area contributed by atoms with Gasteiger partial charge in [-0.05, 0) is 54.2 Å². The van der Waals surface area contributed by atoms with Crippen molar-refractivity contribution in [3.63, 3.8) is 0 Å². The number of rotatable bonds is 4. The monoisotopic (exact) mass is 395 g/mol. The standard InChI is InChI=1S/C19H20F3N3OS/c20-19(21,22)15-3-5-16(6-4-15)24-18(27)23-13-14-1-7-17(8-2-14)25-9-11-26-12-10-25/h1-8H,9-13H2,(H2,23,24,27). The molecule has 8 heteroatoms. The fraction of sp³-hybridized carbons (Fsp3) is 0.316. The molecule has 27 heavy (non-hydrogen) atoms. The first kappa shape index (κ1) is 19.4. The van der Waals surface area contributed by atoms with Gasteiger partial charge in [0.25, 0.3) is 0 Å². The molecule has 0 radical (unpaired) electrons. The van der Waals surface area contributed by atoms with Crippen molar-refractivity contribution in [1.29, 1.82) is 0 Å². The Labute approximate surface area is 161 Å². The summed E-state index contributed by atoms with van der Waals surface area (Å²) in [7, 11) is 0. The van der Waals surface area contributed by atoms with Crippen LogP contribution < -0.4 is 15.5 Å². The normalized spacial score (nSPS) is 14.7. The summed E-state index contributed by atoms with van der Waals surface area (Å²) in [5.41, 5.74) is 2.03. The molecule has 144 valence electrons. The molecule has 0 bridgehead atoms. The molecule has 0 aliphatic carbocycles. The van der Waals surface area contributed by atoms with Crippen molar-refractivity contribution < 1.29 is 17.9 Å². The highest BCUT2D eigenvalue weighted by Gasteiger charge is 2.29. The van der Waals surface area contributed by atoms with Gasteiger partial charge >= 0.3 is 6.18 Å². The van der Waals surface area contributed by atoms with Crippen LogP contribution >= 0.6 is 12.2 Å². The lowest BCUT2D eigenvalue weighted by Gasteiger charge is -2.28. The Morgan fingerprint density at radius 2 is 1.63 bits per heavy atom. The summed E-state index contributed by atoms with van der Waals surface area (Å²) < 4.78 is 43.1. The van der Waals surface area contributed by atoms with E-state index in [1.54, 1.807) is 0 Å². The second-order valence-electron chi connectivity index (χ2n) is 6.15. The summed E-state index contributed by atoms with van der Waals surface area (Å²) in [5, 5.41) is 6.29. The Kier molecular flexibility index (Phi) is 6.18. The number of halogens is 3. The van der Waals surface area contributed by atoms with E-state index in [1.165, 1.54) is 12.1 Å². The van der Waals surface area contributed by atoms with E-state index in [4.69, 9.17) is 17.0 Å². The van der Waals surface area contributed by atoms with Crippen LogP contribution in [0.5, 0.6) is 0 Å². The fourth-order valence-electron chi connectivity index (χ4n) is 2.75. The summed E-state index contributed by atoms with van der Waals surface area (Å²) in [6.45, 7) is 3.79. The molecule has 2 aromatic carbocycles. The molecule has 3 rings (SSSR count). The zero-order chi connectivity index (χ0) is 19.3. The zero-order valence-corrected chi connectivity index (χ0v) is 15.4. The Morgan fingerprint density at radius 3 is 2.22 bits per heavy atom. The summed E-state index contributed by atoms with van der Waals surface area (Å²) in [6.07, 6.45) is -4.34. The average molecular weight is 395 g/mol. The first-order valence-corrected chi connectivity index (χ1v) is 8.96. The van der Waals surface area contributed by atoms with Crippen molar-refractivity contribution in [2.75, 3.05) is 36.5 Å². The van der Waals surface area contributed by atoms with Crippen LogP contribution in [0.3, 0.4) is 0 Å². The molecule has 0 aromatic heterocycles. The number of nitrogens with zero attached hydrogens (tertiary/aromatic N) is 1. The Balaban J connectivity index is 1.48. The molecule has 1 fully saturated rings. The highest BCUT2D eigenvalue weighted by atomic mass is 32.1. The van der Waals surface area contributed by atoms with Crippen molar-refractivity contribution in [2.45, 2.75) is 12.7 Å². The van der Waals surface area contributed by atoms with Crippen LogP contribution in [-0.2, 0) is 17.5 Å². The number of hydrogen-bond donors (Lipinski definition) is 2. The van der Waals surface area contributed by atoms with Gasteiger partial charge in [0, 0.05) is 31.0 Å². The number of hydrogen-bond acceptors (Lipinski definition) is 3. The fourth-order valence-corrected chi connectivity index (χ4v) is 2.94. The Morgan fingerprint density at radius 1 is 1.00 bits per heavy atom. The molecule has 0 amide bonds. The first-order chi connectivity index (χ1) is 12.9. The van der Waals surface area contributed by atoms with E-state index in [-0.39, 0.29) is 0 Å². The lowest BCUT2D eigenvalue weighted by Crippen LogP contribution is -2.36. The van der Waals surface area contributed by atoms with E-state index in [0.717, 1.165) is 49.7 Å². The van der Waals surface area contributed by atoms with E-state index >= 15 is 0 Å². The summed E-state index contributed by atoms with van der Waals surface area (Å²) >= 11 is 5.20. The van der Waals surface area contributed by atoms with E-state index in [9.17, 15) is 13.2 Å². The molecule has 0 saturated carbocycles. The SMILES string of the molecule is FC(F)(F)c1ccc(NC(=S)NCc2ccc(N3CCOCC3)cc2)cc1. The lowest BCUT2D eigenvalue weighted by atomic mass is 10.2. The number of nitrogens with one attached hydrogen (secondary N) is 2. The van der Waals surface area contributed by atoms with Gasteiger partial charge in [-0.15, -0.1) is 0 Å². The lowest BCUT2D eigenvalue weighted by molar-refractivity contribution is -0.137. The van der Waals surface area contributed by atoms with E-state index in [2.05, 4.69) is 27.7 Å². The van der Waals surface area contributed by atoms with Gasteiger partial charge in [0.2, 0.25) is 0 Å². The average Bonchev–Trinajstić information content (AvgIpc) is 2.67. The van der Waals surface area contributed by atoms with Crippen LogP contribution in [0.4, 0.5) is 24.5 Å². The number of alkyl halides is 3. The van der Waals surface area contributed by atoms with Crippen LogP contribution in [0.15, 0.2) is 48.5 Å². The largest absolute Gasteiger partial charge is 0.416 e. The Bertz CT molecular complexity index is 757. The van der Waals surface area contributed by atoms with Gasteiger partial charge in [0.15, 0.2) is 5.11 Å². The predicted octanol–water partition coefficient (Wildman–Crippen LogP) is 4.03. The van der Waals surface area contributed by atoms with Crippen LogP contribution in [0.2, 0.25) is 0 Å². The molecular formula is C19H20F3N3OS. The number of ether oxygens (including phenoxy) is 1. The number of thiocarbonyl (C=S) groups is 1. The highest BCUT2D eigenvalue weighted by molar-refractivity contribution is 7.80. The maximum absolute atomic E-state index is 12.6. The molecule has 2 N–H and O–H groups in total. The summed E-state index contributed by atoms with van der Waals surface area (Å²) in [5.74, 6) is 0. The quantitative estimate of drug-likeness (QED) is 0.765. The number of benzene rings is 2. The molecule has 1 saturated heterocycles. The third-order valence-corrected chi connectivity index (χ3v) is 4.48. The van der Waals surface area contributed by atoms with Crippen molar-refractivity contribution in [2.24, 2.45) is 0 Å². The van der Waals surface area contributed by atoms with E-state index in [0.29, 0.717) is 17.3 Å². The van der Waals surface area contributed by atoms with Crippen molar-refractivity contribution in [1.82, 2.24) is 5.32 Å². The van der Waals surface area contributed by atoms with Gasteiger partial charge in [-0.3, -0.25) is 0 Å². The smallest absolute Gasteiger partial charge is 0.378 e. The van der Waals surface area contributed by atoms with Gasteiger partial charge in [-0.1, -0.05) is 12.1 Å². The van der Waals surface area contributed by atoms with Crippen molar-refractivity contribution >= 4 is 28.7 Å². The van der Waals surface area contributed by atoms with Gasteiger partial charge in [-0.25, -0.2) is 0 Å². The minimum Gasteiger partial charge on any atom is -0.378 e. The maximum Gasteiger partial charge on any atom is 0.416 e. The molecule has 1 aliphatic rings. The second-order valence-corrected chi connectivity index (χ2v) is 6.56. The molecule has 4 nitrogen and oxygen atoms in total. The molecule has 0 spiro atoms. The van der Waals surface area contributed by atoms with Gasteiger partial charge in [0.05, 0.1) is 18.8 Å². The van der Waals surface area contributed by atoms with Gasteiger partial charge in [0.1, 0.15) is 0 Å². The minimum atomic E-state index is -4.34. The van der Waals surface area contributed by atoms with Crippen LogP contribution in [0.25, 0.3) is 0 Å². The summed E-state index contributed by atoms with van der Waals surface area (Å²) in [6, 6.07) is 12.9. The van der Waals surface area contributed by atoms with Crippen LogP contribution in [-0.4, -0.2) is 31.4 Å².